The van der Waals surface area contributed by atoms with Gasteiger partial charge in [-0.15, -0.1) is 0 Å². The number of rotatable bonds is 4. The predicted octanol–water partition coefficient (Wildman–Crippen LogP) is 3.52. The quantitative estimate of drug-likeness (QED) is 0.589. The van der Waals surface area contributed by atoms with Crippen molar-refractivity contribution >= 4 is 45.1 Å². The van der Waals surface area contributed by atoms with Crippen molar-refractivity contribution in [2.75, 3.05) is 18.5 Å². The first kappa shape index (κ1) is 16.0. The Labute approximate surface area is 135 Å². The molecule has 0 spiro atoms. The standard InChI is InChI=1S/C13H13BrCl2O4/c1-2-18-12(17)11-6-19-13(7-14,20-11)9-4-3-8(15)5-10(9)16/h3-5,11H,2,6-7H2,1H3/t11-,13+/m0/s1. The van der Waals surface area contributed by atoms with E-state index in [1.54, 1.807) is 25.1 Å². The molecule has 110 valence electrons. The highest BCUT2D eigenvalue weighted by atomic mass is 79.9. The molecule has 0 amide bonds. The molecule has 7 heteroatoms. The Morgan fingerprint density at radius 3 is 2.90 bits per heavy atom. The summed E-state index contributed by atoms with van der Waals surface area (Å²) < 4.78 is 16.4. The molecular weight excluding hydrogens is 371 g/mol. The molecule has 0 unspecified atom stereocenters. The third-order valence-electron chi connectivity index (χ3n) is 2.87. The highest BCUT2D eigenvalue weighted by Crippen LogP contribution is 2.40. The monoisotopic (exact) mass is 382 g/mol. The van der Waals surface area contributed by atoms with Gasteiger partial charge in [-0.25, -0.2) is 4.79 Å². The maximum absolute atomic E-state index is 11.7. The van der Waals surface area contributed by atoms with Crippen LogP contribution < -0.4 is 0 Å². The smallest absolute Gasteiger partial charge is 0.337 e. The Hall–Kier alpha value is -0.330. The molecule has 1 heterocycles. The van der Waals surface area contributed by atoms with Gasteiger partial charge in [0.15, 0.2) is 6.10 Å². The average Bonchev–Trinajstić information content (AvgIpc) is 2.84. The summed E-state index contributed by atoms with van der Waals surface area (Å²) in [7, 11) is 0. The molecule has 0 bridgehead atoms. The van der Waals surface area contributed by atoms with Crippen LogP contribution in [0.3, 0.4) is 0 Å². The largest absolute Gasteiger partial charge is 0.464 e. The normalized spacial score (nSPS) is 25.7. The second kappa shape index (κ2) is 6.62. The summed E-state index contributed by atoms with van der Waals surface area (Å²) in [5, 5.41) is 1.27. The highest BCUT2D eigenvalue weighted by Gasteiger charge is 2.46. The third-order valence-corrected chi connectivity index (χ3v) is 4.15. The summed E-state index contributed by atoms with van der Waals surface area (Å²) in [6.45, 7) is 2.15. The number of hydrogen-bond donors (Lipinski definition) is 0. The summed E-state index contributed by atoms with van der Waals surface area (Å²) in [5.74, 6) is -1.56. The lowest BCUT2D eigenvalue weighted by atomic mass is 10.1. The van der Waals surface area contributed by atoms with Crippen LogP contribution in [0.15, 0.2) is 18.2 Å². The van der Waals surface area contributed by atoms with Gasteiger partial charge in [0.1, 0.15) is 0 Å². The molecule has 0 aliphatic carbocycles. The maximum atomic E-state index is 11.7. The van der Waals surface area contributed by atoms with E-state index in [1.165, 1.54) is 0 Å². The molecule has 2 atom stereocenters. The molecule has 0 N–H and O–H groups in total. The van der Waals surface area contributed by atoms with E-state index >= 15 is 0 Å². The van der Waals surface area contributed by atoms with Gasteiger partial charge in [-0.3, -0.25) is 0 Å². The van der Waals surface area contributed by atoms with Crippen LogP contribution in [0.5, 0.6) is 0 Å². The lowest BCUT2D eigenvalue weighted by Crippen LogP contribution is -2.33. The summed E-state index contributed by atoms with van der Waals surface area (Å²) in [6.07, 6.45) is -0.765. The van der Waals surface area contributed by atoms with Gasteiger partial charge >= 0.3 is 5.97 Å². The molecule has 1 aliphatic heterocycles. The predicted molar refractivity (Wildman–Crippen MR) is 79.4 cm³/mol. The van der Waals surface area contributed by atoms with Gasteiger partial charge in [0.05, 0.1) is 23.6 Å². The van der Waals surface area contributed by atoms with Gasteiger partial charge in [-0.2, -0.15) is 0 Å². The molecule has 1 fully saturated rings. The number of alkyl halides is 1. The Kier molecular flexibility index (Phi) is 5.31. The molecule has 2 rings (SSSR count). The van der Waals surface area contributed by atoms with Crippen molar-refractivity contribution in [2.45, 2.75) is 18.8 Å². The number of ether oxygens (including phenoxy) is 3. The fourth-order valence-electron chi connectivity index (χ4n) is 1.94. The molecule has 20 heavy (non-hydrogen) atoms. The molecule has 4 nitrogen and oxygen atoms in total. The molecule has 1 saturated heterocycles. The van der Waals surface area contributed by atoms with E-state index in [9.17, 15) is 4.79 Å². The van der Waals surface area contributed by atoms with Crippen molar-refractivity contribution in [1.29, 1.82) is 0 Å². The van der Waals surface area contributed by atoms with Crippen LogP contribution in [0.2, 0.25) is 10.0 Å². The Balaban J connectivity index is 2.26. The number of benzene rings is 1. The van der Waals surface area contributed by atoms with E-state index in [0.29, 0.717) is 27.5 Å². The fourth-order valence-corrected chi connectivity index (χ4v) is 3.09. The van der Waals surface area contributed by atoms with Crippen molar-refractivity contribution in [3.05, 3.63) is 33.8 Å². The number of carbonyl (C=O) groups is 1. The highest BCUT2D eigenvalue weighted by molar-refractivity contribution is 9.09. The van der Waals surface area contributed by atoms with Crippen LogP contribution in [0.4, 0.5) is 0 Å². The molecular formula is C13H13BrCl2O4. The van der Waals surface area contributed by atoms with E-state index in [2.05, 4.69) is 15.9 Å². The zero-order valence-electron chi connectivity index (χ0n) is 10.7. The molecule has 1 aliphatic rings. The SMILES string of the molecule is CCOC(=O)[C@@H]1CO[C@@](CBr)(c2ccc(Cl)cc2Cl)O1. The first-order chi connectivity index (χ1) is 9.52. The second-order valence-electron chi connectivity index (χ2n) is 4.18. The summed E-state index contributed by atoms with van der Waals surface area (Å²) in [5.41, 5.74) is 0.618. The van der Waals surface area contributed by atoms with Crippen molar-refractivity contribution in [3.63, 3.8) is 0 Å². The van der Waals surface area contributed by atoms with Crippen LogP contribution in [-0.4, -0.2) is 30.6 Å². The Morgan fingerprint density at radius 1 is 1.55 bits per heavy atom. The molecule has 1 aromatic carbocycles. The Bertz CT molecular complexity index is 511. The molecule has 0 saturated carbocycles. The number of halogens is 3. The number of hydrogen-bond acceptors (Lipinski definition) is 4. The van der Waals surface area contributed by atoms with Crippen LogP contribution in [-0.2, 0) is 24.8 Å². The number of carbonyl (C=O) groups excluding carboxylic acids is 1. The third kappa shape index (κ3) is 3.12. The minimum absolute atomic E-state index is 0.114. The molecule has 1 aromatic rings. The van der Waals surface area contributed by atoms with Crippen molar-refractivity contribution in [2.24, 2.45) is 0 Å². The van der Waals surface area contributed by atoms with Crippen LogP contribution in [0.1, 0.15) is 12.5 Å². The van der Waals surface area contributed by atoms with Crippen molar-refractivity contribution in [1.82, 2.24) is 0 Å². The Morgan fingerprint density at radius 2 is 2.30 bits per heavy atom. The van der Waals surface area contributed by atoms with Gasteiger partial charge in [-0.1, -0.05) is 45.2 Å². The summed E-state index contributed by atoms with van der Waals surface area (Å²) in [4.78, 5) is 11.7. The van der Waals surface area contributed by atoms with Gasteiger partial charge in [0.25, 0.3) is 0 Å². The minimum Gasteiger partial charge on any atom is -0.464 e. The topological polar surface area (TPSA) is 44.8 Å². The first-order valence-corrected chi connectivity index (χ1v) is 7.90. The van der Waals surface area contributed by atoms with E-state index in [4.69, 9.17) is 37.4 Å². The van der Waals surface area contributed by atoms with Crippen molar-refractivity contribution < 1.29 is 19.0 Å². The zero-order chi connectivity index (χ0) is 14.8. The lowest BCUT2D eigenvalue weighted by Gasteiger charge is -2.27. The molecule has 0 radical (unpaired) electrons. The number of esters is 1. The first-order valence-electron chi connectivity index (χ1n) is 6.02. The van der Waals surface area contributed by atoms with E-state index in [1.807, 2.05) is 0 Å². The van der Waals surface area contributed by atoms with E-state index < -0.39 is 17.9 Å². The zero-order valence-corrected chi connectivity index (χ0v) is 13.8. The van der Waals surface area contributed by atoms with Gasteiger partial charge in [-0.05, 0) is 19.1 Å². The summed E-state index contributed by atoms with van der Waals surface area (Å²) in [6, 6.07) is 5.02. The van der Waals surface area contributed by atoms with Crippen LogP contribution in [0, 0.1) is 0 Å². The molecule has 0 aromatic heterocycles. The fraction of sp³-hybridized carbons (Fsp3) is 0.462. The maximum Gasteiger partial charge on any atom is 0.337 e. The average molecular weight is 384 g/mol. The van der Waals surface area contributed by atoms with Gasteiger partial charge < -0.3 is 14.2 Å². The van der Waals surface area contributed by atoms with E-state index in [-0.39, 0.29) is 6.61 Å². The van der Waals surface area contributed by atoms with Crippen LogP contribution in [0.25, 0.3) is 0 Å². The van der Waals surface area contributed by atoms with Gasteiger partial charge in [0, 0.05) is 10.6 Å². The van der Waals surface area contributed by atoms with Crippen molar-refractivity contribution in [3.8, 4) is 0 Å². The second-order valence-corrected chi connectivity index (χ2v) is 5.58. The van der Waals surface area contributed by atoms with Crippen LogP contribution >= 0.6 is 39.1 Å². The van der Waals surface area contributed by atoms with E-state index in [0.717, 1.165) is 0 Å². The summed E-state index contributed by atoms with van der Waals surface area (Å²) >= 11 is 15.4. The minimum atomic E-state index is -1.11. The lowest BCUT2D eigenvalue weighted by molar-refractivity contribution is -0.177. The van der Waals surface area contributed by atoms with Gasteiger partial charge in [0.2, 0.25) is 5.79 Å².